The smallest absolute Gasteiger partial charge is 0.327 e. The molecule has 0 unspecified atom stereocenters. The molecule has 0 aliphatic rings. The first-order valence-corrected chi connectivity index (χ1v) is 3.98. The van der Waals surface area contributed by atoms with Gasteiger partial charge in [0, 0.05) is 0 Å². The number of hydrogen-bond acceptors (Lipinski definition) is 2. The van der Waals surface area contributed by atoms with Gasteiger partial charge < -0.3 is 10.3 Å². The Morgan fingerprint density at radius 2 is 2.17 bits per heavy atom. The Morgan fingerprint density at radius 3 is 2.67 bits per heavy atom. The third-order valence-corrected chi connectivity index (χ3v) is 1.69. The Hall–Kier alpha value is -0.865. The van der Waals surface area contributed by atoms with Crippen molar-refractivity contribution in [3.05, 3.63) is 24.5 Å². The van der Waals surface area contributed by atoms with Gasteiger partial charge in [-0.25, -0.2) is 4.57 Å². The molecule has 3 nitrogen and oxygen atoms in total. The molecule has 12 heavy (non-hydrogen) atoms. The zero-order valence-corrected chi connectivity index (χ0v) is 7.20. The van der Waals surface area contributed by atoms with Gasteiger partial charge in [0.25, 0.3) is 0 Å². The third kappa shape index (κ3) is 2.64. The number of aromatic nitrogens is 1. The molecule has 0 saturated carbocycles. The van der Waals surface area contributed by atoms with Crippen LogP contribution in [0.1, 0.15) is 0 Å². The minimum Gasteiger partial charge on any atom is -0.450 e. The van der Waals surface area contributed by atoms with Crippen molar-refractivity contribution in [2.24, 2.45) is 0 Å². The molecule has 0 fully saturated rings. The first-order valence-electron chi connectivity index (χ1n) is 3.98. The van der Waals surface area contributed by atoms with E-state index in [-0.39, 0.29) is 0 Å². The van der Waals surface area contributed by atoms with Crippen molar-refractivity contribution < 1.29 is 9.59 Å². The Balaban J connectivity index is 2.53. The Kier molecular flexibility index (Phi) is 3.77. The van der Waals surface area contributed by atoms with Crippen molar-refractivity contribution in [2.75, 3.05) is 13.6 Å². The first kappa shape index (κ1) is 9.22. The summed E-state index contributed by atoms with van der Waals surface area (Å²) in [5.74, 6) is 0. The lowest BCUT2D eigenvalue weighted by Gasteiger charge is -1.96. The van der Waals surface area contributed by atoms with E-state index in [2.05, 4.69) is 9.88 Å². The second-order valence-electron chi connectivity index (χ2n) is 2.60. The number of rotatable bonds is 4. The summed E-state index contributed by atoms with van der Waals surface area (Å²) in [6.07, 6.45) is 3.89. The molecular weight excluding hydrogens is 151 g/mol. The maximum Gasteiger partial charge on any atom is 0.327 e. The lowest BCUT2D eigenvalue weighted by atomic mass is 9.90. The molecule has 0 aromatic carbocycles. The molecule has 0 bridgehead atoms. The molecule has 1 aromatic heterocycles. The number of pyridine rings is 1. The van der Waals surface area contributed by atoms with Crippen molar-refractivity contribution in [1.82, 2.24) is 5.32 Å². The van der Waals surface area contributed by atoms with Crippen LogP contribution in [-0.4, -0.2) is 26.1 Å². The van der Waals surface area contributed by atoms with E-state index in [1.165, 1.54) is 0 Å². The summed E-state index contributed by atoms with van der Waals surface area (Å²) >= 11 is 0. The van der Waals surface area contributed by atoms with Gasteiger partial charge in [-0.05, 0) is 24.6 Å². The Morgan fingerprint density at radius 1 is 1.50 bits per heavy atom. The van der Waals surface area contributed by atoms with Crippen molar-refractivity contribution in [2.45, 2.75) is 6.54 Å². The highest BCUT2D eigenvalue weighted by molar-refractivity contribution is 6.45. The van der Waals surface area contributed by atoms with Crippen LogP contribution >= 0.6 is 0 Å². The lowest BCUT2D eigenvalue weighted by molar-refractivity contribution is -0.694. The molecule has 1 heterocycles. The fourth-order valence-corrected chi connectivity index (χ4v) is 0.945. The van der Waals surface area contributed by atoms with Crippen LogP contribution in [0.15, 0.2) is 24.5 Å². The van der Waals surface area contributed by atoms with Crippen LogP contribution in [-0.2, 0) is 6.54 Å². The summed E-state index contributed by atoms with van der Waals surface area (Å²) in [6.45, 7) is 1.90. The maximum absolute atomic E-state index is 8.66. The average Bonchev–Trinajstić information content (AvgIpc) is 2.15. The average molecular weight is 164 g/mol. The van der Waals surface area contributed by atoms with Crippen LogP contribution in [0.4, 0.5) is 0 Å². The third-order valence-electron chi connectivity index (χ3n) is 1.69. The monoisotopic (exact) mass is 164 g/mol. The van der Waals surface area contributed by atoms with Crippen molar-refractivity contribution in [1.29, 1.82) is 0 Å². The molecule has 0 saturated heterocycles. The van der Waals surface area contributed by atoms with Crippen molar-refractivity contribution >= 4 is 12.9 Å². The van der Waals surface area contributed by atoms with E-state index in [0.29, 0.717) is 0 Å². The van der Waals surface area contributed by atoms with E-state index in [4.69, 9.17) is 5.02 Å². The highest BCUT2D eigenvalue weighted by atomic mass is 16.2. The molecule has 1 rings (SSSR count). The lowest BCUT2D eigenvalue weighted by Crippen LogP contribution is -2.39. The molecule has 1 aromatic rings. The fourth-order valence-electron chi connectivity index (χ4n) is 0.945. The van der Waals surface area contributed by atoms with E-state index in [1.54, 1.807) is 0 Å². The van der Waals surface area contributed by atoms with E-state index < -0.39 is 0 Å². The second kappa shape index (κ2) is 4.90. The predicted octanol–water partition coefficient (Wildman–Crippen LogP) is -1.57. The van der Waals surface area contributed by atoms with Crippen molar-refractivity contribution in [3.63, 3.8) is 0 Å². The van der Waals surface area contributed by atoms with Gasteiger partial charge in [0.05, 0.1) is 6.54 Å². The highest BCUT2D eigenvalue weighted by Crippen LogP contribution is 1.74. The van der Waals surface area contributed by atoms with Gasteiger partial charge in [0.15, 0.2) is 18.9 Å². The van der Waals surface area contributed by atoms with Crippen LogP contribution in [0.25, 0.3) is 0 Å². The van der Waals surface area contributed by atoms with E-state index in [1.807, 2.05) is 31.6 Å². The molecule has 0 aliphatic carbocycles. The summed E-state index contributed by atoms with van der Waals surface area (Å²) in [5, 5.41) is 11.7. The minimum absolute atomic E-state index is 0.829. The number of likely N-dealkylation sites (N-methyl/N-ethyl adjacent to an activating group) is 1. The summed E-state index contributed by atoms with van der Waals surface area (Å²) in [7, 11) is 3.03. The molecule has 2 N–H and O–H groups in total. The van der Waals surface area contributed by atoms with Crippen LogP contribution < -0.4 is 15.3 Å². The van der Waals surface area contributed by atoms with E-state index >= 15 is 0 Å². The zero-order valence-electron chi connectivity index (χ0n) is 7.20. The maximum atomic E-state index is 8.66. The normalized spacial score (nSPS) is 9.83. The van der Waals surface area contributed by atoms with E-state index in [0.717, 1.165) is 26.0 Å². The zero-order chi connectivity index (χ0) is 8.81. The SMILES string of the molecule is CNCC[n+]1ccc([B]O)cc1. The molecule has 0 atom stereocenters. The van der Waals surface area contributed by atoms with Gasteiger partial charge in [0.2, 0.25) is 0 Å². The molecular formula is C8H13BN2O+. The fraction of sp³-hybridized carbons (Fsp3) is 0.375. The van der Waals surface area contributed by atoms with Gasteiger partial charge >= 0.3 is 7.48 Å². The quantitative estimate of drug-likeness (QED) is 0.416. The Bertz CT molecular complexity index is 225. The molecule has 0 amide bonds. The molecule has 1 radical (unpaired) electrons. The topological polar surface area (TPSA) is 36.1 Å². The van der Waals surface area contributed by atoms with Crippen LogP contribution in [0, 0.1) is 0 Å². The van der Waals surface area contributed by atoms with Crippen molar-refractivity contribution in [3.8, 4) is 0 Å². The molecule has 0 spiro atoms. The first-order chi connectivity index (χ1) is 5.86. The molecule has 0 aliphatic heterocycles. The van der Waals surface area contributed by atoms with E-state index in [9.17, 15) is 0 Å². The summed E-state index contributed by atoms with van der Waals surface area (Å²) in [6, 6.07) is 3.74. The largest absolute Gasteiger partial charge is 0.450 e. The van der Waals surface area contributed by atoms with Gasteiger partial charge in [-0.15, -0.1) is 0 Å². The number of nitrogens with zero attached hydrogens (tertiary/aromatic N) is 1. The molecule has 4 heteroatoms. The van der Waals surface area contributed by atoms with Crippen LogP contribution in [0.2, 0.25) is 0 Å². The summed E-state index contributed by atoms with van der Waals surface area (Å²) in [4.78, 5) is 0. The summed E-state index contributed by atoms with van der Waals surface area (Å²) in [5.41, 5.74) is 0.829. The van der Waals surface area contributed by atoms with Gasteiger partial charge in [-0.2, -0.15) is 0 Å². The van der Waals surface area contributed by atoms with Gasteiger partial charge in [0.1, 0.15) is 0 Å². The standard InChI is InChI=1S/C8H13BN2O/c1-10-4-7-11-5-2-8(9-12)3-6-11/h2-3,5-6,10,12H,4,7H2,1H3/q+1. The minimum atomic E-state index is 0.829. The number of hydrogen-bond donors (Lipinski definition) is 2. The van der Waals surface area contributed by atoms with Crippen LogP contribution in [0.5, 0.6) is 0 Å². The summed E-state index contributed by atoms with van der Waals surface area (Å²) < 4.78 is 2.06. The molecule has 63 valence electrons. The van der Waals surface area contributed by atoms with Crippen LogP contribution in [0.3, 0.4) is 0 Å². The predicted molar refractivity (Wildman–Crippen MR) is 48.2 cm³/mol. The van der Waals surface area contributed by atoms with Gasteiger partial charge in [-0.1, -0.05) is 0 Å². The number of nitrogens with one attached hydrogen (secondary N) is 1. The highest BCUT2D eigenvalue weighted by Gasteiger charge is 1.99. The Labute approximate surface area is 73.3 Å². The second-order valence-corrected chi connectivity index (χ2v) is 2.60. The van der Waals surface area contributed by atoms with Gasteiger partial charge in [-0.3, -0.25) is 0 Å².